The van der Waals surface area contributed by atoms with Crippen LogP contribution in [0.4, 0.5) is 5.00 Å². The monoisotopic (exact) mass is 473 g/mol. The number of amides is 1. The van der Waals surface area contributed by atoms with Crippen LogP contribution in [0.3, 0.4) is 0 Å². The first kappa shape index (κ1) is 22.5. The third-order valence-electron chi connectivity index (χ3n) is 6.10. The number of halogens is 1. The van der Waals surface area contributed by atoms with Crippen LogP contribution < -0.4 is 5.32 Å². The van der Waals surface area contributed by atoms with Gasteiger partial charge in [-0.25, -0.2) is 0 Å². The highest BCUT2D eigenvalue weighted by atomic mass is 35.5. The molecule has 3 heterocycles. The second kappa shape index (κ2) is 9.84. The second-order valence-electron chi connectivity index (χ2n) is 7.85. The van der Waals surface area contributed by atoms with E-state index in [9.17, 15) is 4.79 Å². The molecule has 2 aromatic heterocycles. The lowest BCUT2D eigenvalue weighted by Crippen LogP contribution is -2.47. The largest absolute Gasteiger partial charge is 0.313 e. The summed E-state index contributed by atoms with van der Waals surface area (Å²) in [6.07, 6.45) is 0. The molecule has 0 aliphatic carbocycles. The minimum absolute atomic E-state index is 0.0105. The van der Waals surface area contributed by atoms with Crippen LogP contribution in [0.5, 0.6) is 0 Å². The Morgan fingerprint density at radius 2 is 1.87 bits per heavy atom. The zero-order valence-corrected chi connectivity index (χ0v) is 20.5. The van der Waals surface area contributed by atoms with E-state index in [1.165, 1.54) is 27.3 Å². The Hall–Kier alpha value is -1.70. The van der Waals surface area contributed by atoms with Crippen molar-refractivity contribution in [2.75, 3.05) is 38.0 Å². The summed E-state index contributed by atoms with van der Waals surface area (Å²) in [6.45, 7) is 11.6. The second-order valence-corrected chi connectivity index (χ2v) is 10.4. The van der Waals surface area contributed by atoms with Crippen LogP contribution in [-0.2, 0) is 0 Å². The van der Waals surface area contributed by atoms with Crippen molar-refractivity contribution in [3.05, 3.63) is 73.2 Å². The lowest BCUT2D eigenvalue weighted by Gasteiger charge is -2.40. The van der Waals surface area contributed by atoms with Crippen LogP contribution in [-0.4, -0.2) is 48.4 Å². The van der Waals surface area contributed by atoms with E-state index in [-0.39, 0.29) is 11.9 Å². The van der Waals surface area contributed by atoms with Crippen LogP contribution in [0.2, 0.25) is 5.02 Å². The number of rotatable bonds is 6. The van der Waals surface area contributed by atoms with Gasteiger partial charge < -0.3 is 10.2 Å². The van der Waals surface area contributed by atoms with Crippen molar-refractivity contribution in [2.45, 2.75) is 26.8 Å². The number of piperazine rings is 1. The molecule has 1 aromatic carbocycles. The minimum atomic E-state index is -0.0498. The highest BCUT2D eigenvalue weighted by Crippen LogP contribution is 2.44. The van der Waals surface area contributed by atoms with Crippen molar-refractivity contribution >= 4 is 45.2 Å². The average molecular weight is 474 g/mol. The third-order valence-corrected chi connectivity index (χ3v) is 8.45. The number of carbonyl (C=O) groups excluding carboxylic acids is 1. The van der Waals surface area contributed by atoms with Gasteiger partial charge in [-0.15, -0.1) is 22.7 Å². The standard InChI is InChI=1S/C24H28ClN3OS2/c1-4-27-11-13-28(14-12-27)22(18-8-5-6-9-19(18)25)21-16(2)17(3)31-24(21)26-23(29)20-10-7-15-30-20/h5-10,15,22H,4,11-14H2,1-3H3,(H,26,29)/t22-/m1/s1. The fourth-order valence-electron chi connectivity index (χ4n) is 4.21. The van der Waals surface area contributed by atoms with Crippen LogP contribution >= 0.6 is 34.3 Å². The van der Waals surface area contributed by atoms with Crippen molar-refractivity contribution < 1.29 is 4.79 Å². The van der Waals surface area contributed by atoms with Gasteiger partial charge in [0.25, 0.3) is 5.91 Å². The summed E-state index contributed by atoms with van der Waals surface area (Å²) in [5.41, 5.74) is 3.50. The number of thiophene rings is 2. The first-order valence-corrected chi connectivity index (χ1v) is 12.7. The Bertz CT molecular complexity index is 1040. The number of hydrogen-bond acceptors (Lipinski definition) is 5. The third kappa shape index (κ3) is 4.73. The summed E-state index contributed by atoms with van der Waals surface area (Å²) < 4.78 is 0. The lowest BCUT2D eigenvalue weighted by molar-refractivity contribution is 0.102. The van der Waals surface area contributed by atoms with E-state index in [2.05, 4.69) is 48.0 Å². The average Bonchev–Trinajstić information content (AvgIpc) is 3.40. The Kier molecular flexibility index (Phi) is 7.14. The molecule has 0 unspecified atom stereocenters. The van der Waals surface area contributed by atoms with Gasteiger partial charge in [0, 0.05) is 41.6 Å². The van der Waals surface area contributed by atoms with Crippen LogP contribution in [0.15, 0.2) is 41.8 Å². The molecule has 4 rings (SSSR count). The summed E-state index contributed by atoms with van der Waals surface area (Å²) in [7, 11) is 0. The lowest BCUT2D eigenvalue weighted by atomic mass is 9.94. The topological polar surface area (TPSA) is 35.6 Å². The molecule has 0 saturated carbocycles. The van der Waals surface area contributed by atoms with Gasteiger partial charge in [-0.1, -0.05) is 42.8 Å². The summed E-state index contributed by atoms with van der Waals surface area (Å²) in [5, 5.41) is 6.84. The van der Waals surface area contributed by atoms with Gasteiger partial charge in [0.1, 0.15) is 5.00 Å². The number of carbonyl (C=O) groups is 1. The number of nitrogens with one attached hydrogen (secondary N) is 1. The minimum Gasteiger partial charge on any atom is -0.313 e. The van der Waals surface area contributed by atoms with Crippen molar-refractivity contribution in [3.8, 4) is 0 Å². The highest BCUT2D eigenvalue weighted by Gasteiger charge is 2.32. The molecular weight excluding hydrogens is 446 g/mol. The molecule has 1 fully saturated rings. The van der Waals surface area contributed by atoms with Crippen molar-refractivity contribution in [2.24, 2.45) is 0 Å². The van der Waals surface area contributed by atoms with Gasteiger partial charge in [-0.05, 0) is 49.0 Å². The fourth-order valence-corrected chi connectivity index (χ4v) is 6.15. The Balaban J connectivity index is 1.76. The number of hydrogen-bond donors (Lipinski definition) is 1. The zero-order chi connectivity index (χ0) is 22.0. The number of anilines is 1. The normalized spacial score (nSPS) is 16.4. The van der Waals surface area contributed by atoms with E-state index in [4.69, 9.17) is 11.6 Å². The summed E-state index contributed by atoms with van der Waals surface area (Å²) >= 11 is 9.84. The van der Waals surface area contributed by atoms with Crippen molar-refractivity contribution in [1.29, 1.82) is 0 Å². The van der Waals surface area contributed by atoms with Crippen LogP contribution in [0.25, 0.3) is 0 Å². The predicted molar refractivity (Wildman–Crippen MR) is 133 cm³/mol. The molecule has 0 radical (unpaired) electrons. The van der Waals surface area contributed by atoms with Crippen molar-refractivity contribution in [1.82, 2.24) is 9.80 Å². The molecule has 0 bridgehead atoms. The molecule has 7 heteroatoms. The summed E-state index contributed by atoms with van der Waals surface area (Å²) in [4.78, 5) is 19.8. The van der Waals surface area contributed by atoms with Crippen LogP contribution in [0.1, 0.15) is 44.2 Å². The molecule has 1 saturated heterocycles. The fraction of sp³-hybridized carbons (Fsp3) is 0.375. The SMILES string of the molecule is CCN1CCN([C@H](c2ccccc2Cl)c2c(NC(=O)c3cccs3)sc(C)c2C)CC1. The van der Waals surface area contributed by atoms with E-state index < -0.39 is 0 Å². The first-order chi connectivity index (χ1) is 15.0. The van der Waals surface area contributed by atoms with E-state index in [0.717, 1.165) is 53.2 Å². The quantitative estimate of drug-likeness (QED) is 0.472. The van der Waals surface area contributed by atoms with Gasteiger partial charge in [0.2, 0.25) is 0 Å². The molecule has 3 aromatic rings. The maximum atomic E-state index is 12.9. The number of likely N-dealkylation sites (N-methyl/N-ethyl adjacent to an activating group) is 1. The molecule has 1 atom stereocenters. The Labute approximate surface area is 197 Å². The number of aryl methyl sites for hydroxylation is 1. The Morgan fingerprint density at radius 3 is 2.52 bits per heavy atom. The number of nitrogens with zero attached hydrogens (tertiary/aromatic N) is 2. The molecule has 1 aliphatic heterocycles. The number of benzene rings is 1. The molecule has 1 N–H and O–H groups in total. The maximum Gasteiger partial charge on any atom is 0.266 e. The van der Waals surface area contributed by atoms with Crippen LogP contribution in [0, 0.1) is 13.8 Å². The molecule has 0 spiro atoms. The molecular formula is C24H28ClN3OS2. The first-order valence-electron chi connectivity index (χ1n) is 10.6. The Morgan fingerprint density at radius 1 is 1.13 bits per heavy atom. The van der Waals surface area contributed by atoms with Gasteiger partial charge in [0.15, 0.2) is 0 Å². The van der Waals surface area contributed by atoms with Gasteiger partial charge >= 0.3 is 0 Å². The predicted octanol–water partition coefficient (Wildman–Crippen LogP) is 6.06. The molecule has 1 aliphatic rings. The molecule has 31 heavy (non-hydrogen) atoms. The maximum absolute atomic E-state index is 12.9. The van der Waals surface area contributed by atoms with Gasteiger partial charge in [-0.2, -0.15) is 0 Å². The van der Waals surface area contributed by atoms with E-state index in [1.54, 1.807) is 11.3 Å². The highest BCUT2D eigenvalue weighted by molar-refractivity contribution is 7.17. The van der Waals surface area contributed by atoms with E-state index in [1.807, 2.05) is 29.6 Å². The summed E-state index contributed by atoms with van der Waals surface area (Å²) in [6, 6.07) is 11.9. The summed E-state index contributed by atoms with van der Waals surface area (Å²) in [5.74, 6) is -0.0498. The van der Waals surface area contributed by atoms with E-state index in [0.29, 0.717) is 0 Å². The van der Waals surface area contributed by atoms with Crippen molar-refractivity contribution in [3.63, 3.8) is 0 Å². The van der Waals surface area contributed by atoms with Gasteiger partial charge in [0.05, 0.1) is 10.9 Å². The smallest absolute Gasteiger partial charge is 0.266 e. The zero-order valence-electron chi connectivity index (χ0n) is 18.2. The van der Waals surface area contributed by atoms with E-state index >= 15 is 0 Å². The molecule has 164 valence electrons. The van der Waals surface area contributed by atoms with Gasteiger partial charge in [-0.3, -0.25) is 9.69 Å². The molecule has 4 nitrogen and oxygen atoms in total. The molecule has 1 amide bonds.